The Kier molecular flexibility index (Phi) is 5.10. The van der Waals surface area contributed by atoms with Crippen molar-refractivity contribution >= 4 is 10.8 Å². The average Bonchev–Trinajstić information content (AvgIpc) is 2.37. The van der Waals surface area contributed by atoms with Crippen LogP contribution in [0.3, 0.4) is 0 Å². The molecule has 2 rings (SSSR count). The molecule has 0 radical (unpaired) electrons. The van der Waals surface area contributed by atoms with Gasteiger partial charge in [-0.1, -0.05) is 33.6 Å². The van der Waals surface area contributed by atoms with Crippen LogP contribution in [-0.2, 0) is 10.8 Å². The van der Waals surface area contributed by atoms with Crippen molar-refractivity contribution in [2.45, 2.75) is 82.3 Å². The summed E-state index contributed by atoms with van der Waals surface area (Å²) in [5.74, 6) is 0.771. The Morgan fingerprint density at radius 3 is 2.58 bits per heavy atom. The smallest absolute Gasteiger partial charge is 0.0509 e. The highest BCUT2D eigenvalue weighted by Gasteiger charge is 2.40. The normalized spacial score (nSPS) is 40.8. The summed E-state index contributed by atoms with van der Waals surface area (Å²) in [7, 11) is 1.39. The third kappa shape index (κ3) is 3.81. The molecule has 5 atom stereocenters. The summed E-state index contributed by atoms with van der Waals surface area (Å²) >= 11 is 0. The quantitative estimate of drug-likeness (QED) is 0.860. The van der Waals surface area contributed by atoms with Crippen LogP contribution in [0.4, 0.5) is 0 Å². The Labute approximate surface area is 121 Å². The lowest BCUT2D eigenvalue weighted by molar-refractivity contribution is 0.215. The topological polar surface area (TPSA) is 29.1 Å². The Morgan fingerprint density at radius 1 is 1.21 bits per heavy atom. The van der Waals surface area contributed by atoms with E-state index in [1.807, 2.05) is 7.05 Å². The summed E-state index contributed by atoms with van der Waals surface area (Å²) in [6.07, 6.45) is 8.53. The minimum Gasteiger partial charge on any atom is -0.316 e. The van der Waals surface area contributed by atoms with Gasteiger partial charge in [-0.25, -0.2) is 0 Å². The first-order valence-electron chi connectivity index (χ1n) is 7.99. The molecule has 0 heterocycles. The minimum absolute atomic E-state index is 0.365. The van der Waals surface area contributed by atoms with E-state index in [2.05, 4.69) is 26.1 Å². The summed E-state index contributed by atoms with van der Waals surface area (Å²) in [6, 6.07) is 0.464. The third-order valence-corrected chi connectivity index (χ3v) is 7.40. The summed E-state index contributed by atoms with van der Waals surface area (Å²) in [5.41, 5.74) is 0.369. The molecule has 2 aliphatic carbocycles. The summed E-state index contributed by atoms with van der Waals surface area (Å²) < 4.78 is 13.0. The van der Waals surface area contributed by atoms with Gasteiger partial charge in [-0.15, -0.1) is 0 Å². The monoisotopic (exact) mass is 285 g/mol. The molecule has 0 saturated heterocycles. The Bertz CT molecular complexity index is 329. The van der Waals surface area contributed by atoms with Crippen LogP contribution in [0.25, 0.3) is 0 Å². The van der Waals surface area contributed by atoms with Crippen molar-refractivity contribution in [3.05, 3.63) is 0 Å². The molecule has 0 aromatic heterocycles. The van der Waals surface area contributed by atoms with Gasteiger partial charge in [-0.05, 0) is 50.5 Å². The van der Waals surface area contributed by atoms with Crippen LogP contribution in [0.15, 0.2) is 0 Å². The van der Waals surface area contributed by atoms with Crippen molar-refractivity contribution in [1.29, 1.82) is 0 Å². The maximum absolute atomic E-state index is 13.0. The van der Waals surface area contributed by atoms with Crippen molar-refractivity contribution in [3.8, 4) is 0 Å². The van der Waals surface area contributed by atoms with Crippen molar-refractivity contribution in [2.75, 3.05) is 7.05 Å². The van der Waals surface area contributed by atoms with Crippen LogP contribution in [0.2, 0.25) is 0 Å². The molecule has 3 heteroatoms. The average molecular weight is 285 g/mol. The van der Waals surface area contributed by atoms with Gasteiger partial charge in [0.15, 0.2) is 0 Å². The highest BCUT2D eigenvalue weighted by atomic mass is 32.2. The van der Waals surface area contributed by atoms with E-state index in [9.17, 15) is 4.21 Å². The molecule has 2 fully saturated rings. The number of rotatable bonds is 3. The molecular formula is C16H31NOS. The maximum atomic E-state index is 13.0. The van der Waals surface area contributed by atoms with E-state index in [1.54, 1.807) is 0 Å². The van der Waals surface area contributed by atoms with E-state index < -0.39 is 10.8 Å². The molecule has 2 saturated carbocycles. The molecule has 0 aromatic carbocycles. The lowest BCUT2D eigenvalue weighted by Crippen LogP contribution is -2.49. The fourth-order valence-electron chi connectivity index (χ4n) is 3.93. The minimum atomic E-state index is -0.653. The summed E-state index contributed by atoms with van der Waals surface area (Å²) in [6.45, 7) is 7.00. The van der Waals surface area contributed by atoms with Gasteiger partial charge in [0.25, 0.3) is 0 Å². The maximum Gasteiger partial charge on any atom is 0.0509 e. The van der Waals surface area contributed by atoms with E-state index in [0.29, 0.717) is 22.0 Å². The van der Waals surface area contributed by atoms with Gasteiger partial charge >= 0.3 is 0 Å². The zero-order chi connectivity index (χ0) is 14.0. The van der Waals surface area contributed by atoms with E-state index in [-0.39, 0.29) is 0 Å². The molecule has 0 bridgehead atoms. The second-order valence-electron chi connectivity index (χ2n) is 7.56. The zero-order valence-corrected chi connectivity index (χ0v) is 13.9. The second kappa shape index (κ2) is 6.26. The van der Waals surface area contributed by atoms with Gasteiger partial charge < -0.3 is 5.32 Å². The van der Waals surface area contributed by atoms with Crippen LogP contribution in [-0.4, -0.2) is 27.8 Å². The highest BCUT2D eigenvalue weighted by molar-refractivity contribution is 7.86. The predicted molar refractivity (Wildman–Crippen MR) is 83.8 cm³/mol. The van der Waals surface area contributed by atoms with Gasteiger partial charge in [0.2, 0.25) is 0 Å². The van der Waals surface area contributed by atoms with Crippen molar-refractivity contribution in [3.63, 3.8) is 0 Å². The first-order valence-corrected chi connectivity index (χ1v) is 9.27. The molecule has 5 unspecified atom stereocenters. The van der Waals surface area contributed by atoms with Gasteiger partial charge in [-0.2, -0.15) is 0 Å². The van der Waals surface area contributed by atoms with Crippen molar-refractivity contribution in [2.24, 2.45) is 11.3 Å². The van der Waals surface area contributed by atoms with Crippen molar-refractivity contribution in [1.82, 2.24) is 5.32 Å². The first-order chi connectivity index (χ1) is 8.93. The fourth-order valence-corrected chi connectivity index (χ4v) is 6.55. The van der Waals surface area contributed by atoms with Crippen LogP contribution in [0.5, 0.6) is 0 Å². The largest absolute Gasteiger partial charge is 0.316 e. The van der Waals surface area contributed by atoms with Crippen molar-refractivity contribution < 1.29 is 4.21 Å². The van der Waals surface area contributed by atoms with E-state index in [4.69, 9.17) is 0 Å². The van der Waals surface area contributed by atoms with Gasteiger partial charge in [0.1, 0.15) is 0 Å². The second-order valence-corrected chi connectivity index (χ2v) is 9.49. The molecule has 1 N–H and O–H groups in total. The van der Waals surface area contributed by atoms with Gasteiger partial charge in [0, 0.05) is 22.1 Å². The summed E-state index contributed by atoms with van der Waals surface area (Å²) in [4.78, 5) is 0. The van der Waals surface area contributed by atoms with Crippen LogP contribution >= 0.6 is 0 Å². The number of hydrogen-bond donors (Lipinski definition) is 1. The van der Waals surface area contributed by atoms with Crippen LogP contribution in [0, 0.1) is 11.3 Å². The van der Waals surface area contributed by atoms with E-state index >= 15 is 0 Å². The molecule has 2 nitrogen and oxygen atoms in total. The number of hydrogen-bond acceptors (Lipinski definition) is 2. The van der Waals surface area contributed by atoms with Gasteiger partial charge in [-0.3, -0.25) is 4.21 Å². The Hall–Kier alpha value is 0.110. The molecule has 112 valence electrons. The van der Waals surface area contributed by atoms with E-state index in [1.165, 1.54) is 38.5 Å². The molecule has 0 aliphatic heterocycles. The van der Waals surface area contributed by atoms with E-state index in [0.717, 1.165) is 12.3 Å². The van der Waals surface area contributed by atoms with Crippen LogP contribution < -0.4 is 5.32 Å². The zero-order valence-electron chi connectivity index (χ0n) is 13.1. The van der Waals surface area contributed by atoms with Crippen LogP contribution in [0.1, 0.15) is 65.7 Å². The SMILES string of the molecule is CNC1CCC(C)(C)CC1S(=O)C1CCCC(C)C1. The molecule has 2 aliphatic rings. The molecular weight excluding hydrogens is 254 g/mol. The molecule has 0 amide bonds. The highest BCUT2D eigenvalue weighted by Crippen LogP contribution is 2.40. The lowest BCUT2D eigenvalue weighted by atomic mass is 9.75. The lowest BCUT2D eigenvalue weighted by Gasteiger charge is -2.42. The molecule has 19 heavy (non-hydrogen) atoms. The predicted octanol–water partition coefficient (Wildman–Crippen LogP) is 3.48. The Morgan fingerprint density at radius 2 is 1.95 bits per heavy atom. The molecule has 0 aromatic rings. The van der Waals surface area contributed by atoms with Gasteiger partial charge in [0.05, 0.1) is 5.25 Å². The molecule has 0 spiro atoms. The summed E-state index contributed by atoms with van der Waals surface area (Å²) in [5, 5.41) is 4.25. The third-order valence-electron chi connectivity index (χ3n) is 5.22. The Balaban J connectivity index is 2.06. The fraction of sp³-hybridized carbons (Fsp3) is 1.00. The number of nitrogens with one attached hydrogen (secondary N) is 1. The first kappa shape index (κ1) is 15.5. The standard InChI is InChI=1S/C16H31NOS/c1-12-6-5-7-13(10-12)19(18)15-11-16(2,3)9-8-14(15)17-4/h12-15,17H,5-11H2,1-4H3.